The van der Waals surface area contributed by atoms with Crippen molar-refractivity contribution in [3.63, 3.8) is 0 Å². The Bertz CT molecular complexity index is 2980. The summed E-state index contributed by atoms with van der Waals surface area (Å²) in [6.45, 7) is 0. The van der Waals surface area contributed by atoms with Crippen molar-refractivity contribution in [2.75, 3.05) is 0 Å². The third kappa shape index (κ3) is 3.48. The van der Waals surface area contributed by atoms with Crippen LogP contribution in [-0.2, 0) is 0 Å². The van der Waals surface area contributed by atoms with Gasteiger partial charge in [0.25, 0.3) is 0 Å². The van der Waals surface area contributed by atoms with E-state index in [9.17, 15) is 0 Å². The summed E-state index contributed by atoms with van der Waals surface area (Å²) in [4.78, 5) is 15.1. The minimum absolute atomic E-state index is 0.142. The highest BCUT2D eigenvalue weighted by Gasteiger charge is 2.20. The quantitative estimate of drug-likeness (QED) is 0.208. The number of aromatic nitrogens is 5. The molecule has 6 heteroatoms. The van der Waals surface area contributed by atoms with Crippen LogP contribution in [0.3, 0.4) is 0 Å². The second kappa shape index (κ2) is 9.11. The smallest absolute Gasteiger partial charge is 0.240 e. The Labute approximate surface area is 264 Å². The second-order valence-electron chi connectivity index (χ2n) is 10.8. The first-order valence-corrected chi connectivity index (χ1v) is 14.4. The summed E-state index contributed by atoms with van der Waals surface area (Å²) in [6, 6.07) is 31.3. The van der Waals surface area contributed by atoms with E-state index in [4.69, 9.17) is 27.6 Å². The number of nitrogens with zero attached hydrogens (tertiary/aromatic N) is 5. The van der Waals surface area contributed by atoms with E-state index in [2.05, 4.69) is 0 Å². The Morgan fingerprint density at radius 1 is 0.467 bits per heavy atom. The lowest BCUT2D eigenvalue weighted by molar-refractivity contribution is 0.669. The number of furan rings is 1. The van der Waals surface area contributed by atoms with Crippen molar-refractivity contribution in [1.29, 1.82) is 0 Å². The van der Waals surface area contributed by atoms with Gasteiger partial charge in [0.1, 0.15) is 11.2 Å². The number of benzene rings is 6. The minimum atomic E-state index is 0.142. The molecule has 0 fully saturated rings. The highest BCUT2D eigenvalue weighted by molar-refractivity contribution is 6.10. The van der Waals surface area contributed by atoms with Crippen LogP contribution in [0.4, 0.5) is 0 Å². The van der Waals surface area contributed by atoms with Gasteiger partial charge in [0, 0.05) is 37.9 Å². The lowest BCUT2D eigenvalue weighted by atomic mass is 10.1. The summed E-state index contributed by atoms with van der Waals surface area (Å²) < 4.78 is 61.3. The second-order valence-corrected chi connectivity index (χ2v) is 10.8. The van der Waals surface area contributed by atoms with Crippen LogP contribution in [0.1, 0.15) is 8.22 Å². The molecular formula is C39H23N5O. The van der Waals surface area contributed by atoms with Crippen LogP contribution >= 0.6 is 0 Å². The van der Waals surface area contributed by atoms with Crippen LogP contribution in [0.2, 0.25) is 0 Å². The van der Waals surface area contributed by atoms with E-state index >= 15 is 0 Å². The summed E-state index contributed by atoms with van der Waals surface area (Å²) in [5.41, 5.74) is 4.28. The van der Waals surface area contributed by atoms with Crippen LogP contribution < -0.4 is 0 Å². The summed E-state index contributed by atoms with van der Waals surface area (Å²) in [5.74, 6) is 0.661. The van der Waals surface area contributed by atoms with E-state index in [1.165, 1.54) is 12.1 Å². The molecule has 45 heavy (non-hydrogen) atoms. The maximum atomic E-state index is 8.81. The van der Waals surface area contributed by atoms with E-state index in [0.717, 1.165) is 16.4 Å². The molecule has 0 aliphatic carbocycles. The normalized spacial score (nSPS) is 13.9. The molecule has 0 N–H and O–H groups in total. The molecule has 0 atom stereocenters. The lowest BCUT2D eigenvalue weighted by Crippen LogP contribution is -2.10. The third-order valence-electron chi connectivity index (χ3n) is 8.39. The van der Waals surface area contributed by atoms with Crippen LogP contribution in [0.5, 0.6) is 0 Å². The number of rotatable bonds is 3. The van der Waals surface area contributed by atoms with Gasteiger partial charge in [-0.1, -0.05) is 96.9 Å². The van der Waals surface area contributed by atoms with Crippen LogP contribution in [0, 0.1) is 0 Å². The Morgan fingerprint density at radius 3 is 1.64 bits per heavy atom. The molecule has 6 nitrogen and oxygen atoms in total. The van der Waals surface area contributed by atoms with Crippen molar-refractivity contribution >= 4 is 65.6 Å². The van der Waals surface area contributed by atoms with Gasteiger partial charge in [0.15, 0.2) is 5.82 Å². The Morgan fingerprint density at radius 2 is 1.00 bits per heavy atom. The van der Waals surface area contributed by atoms with Gasteiger partial charge < -0.3 is 4.42 Å². The highest BCUT2D eigenvalue weighted by atomic mass is 16.3. The predicted octanol–water partition coefficient (Wildman–Crippen LogP) is 9.63. The lowest BCUT2D eigenvalue weighted by Gasteiger charge is -2.12. The fourth-order valence-corrected chi connectivity index (χ4v) is 6.42. The maximum absolute atomic E-state index is 8.81. The number of para-hydroxylation sites is 5. The molecule has 0 spiro atoms. The minimum Gasteiger partial charge on any atom is -0.456 e. The zero-order valence-electron chi connectivity index (χ0n) is 29.5. The van der Waals surface area contributed by atoms with Crippen molar-refractivity contribution in [2.45, 2.75) is 0 Å². The van der Waals surface area contributed by atoms with E-state index in [1.807, 2.05) is 42.5 Å². The molecule has 0 aliphatic rings. The topological polar surface area (TPSA) is 61.7 Å². The van der Waals surface area contributed by atoms with Gasteiger partial charge in [-0.2, -0.15) is 15.0 Å². The first kappa shape index (κ1) is 19.1. The molecule has 0 saturated carbocycles. The van der Waals surface area contributed by atoms with Gasteiger partial charge in [-0.15, -0.1) is 0 Å². The highest BCUT2D eigenvalue weighted by Crippen LogP contribution is 2.35. The molecule has 4 heterocycles. The average Bonchev–Trinajstić information content (AvgIpc) is 3.74. The summed E-state index contributed by atoms with van der Waals surface area (Å²) in [7, 11) is 0. The first-order chi connectivity index (χ1) is 24.7. The predicted molar refractivity (Wildman–Crippen MR) is 181 cm³/mol. The molecule has 4 aromatic heterocycles. The summed E-state index contributed by atoms with van der Waals surface area (Å²) in [6.07, 6.45) is 0. The molecule has 6 aromatic carbocycles. The molecule has 0 radical (unpaired) electrons. The Balaban J connectivity index is 1.35. The Hall–Kier alpha value is -6.27. The van der Waals surface area contributed by atoms with Crippen molar-refractivity contribution < 1.29 is 12.6 Å². The zero-order valence-corrected chi connectivity index (χ0v) is 23.5. The number of fused-ring (bicyclic) bond motifs is 9. The maximum Gasteiger partial charge on any atom is 0.240 e. The first-order valence-electron chi connectivity index (χ1n) is 17.4. The van der Waals surface area contributed by atoms with Crippen molar-refractivity contribution in [1.82, 2.24) is 24.1 Å². The molecule has 10 aromatic rings. The van der Waals surface area contributed by atoms with Gasteiger partial charge in [-0.3, -0.25) is 9.13 Å². The largest absolute Gasteiger partial charge is 0.456 e. The van der Waals surface area contributed by atoms with Gasteiger partial charge in [-0.05, 0) is 42.5 Å². The monoisotopic (exact) mass is 583 g/mol. The van der Waals surface area contributed by atoms with E-state index in [0.29, 0.717) is 60.6 Å². The summed E-state index contributed by atoms with van der Waals surface area (Å²) >= 11 is 0. The zero-order chi connectivity index (χ0) is 34.7. The molecule has 0 unspecified atom stereocenters. The van der Waals surface area contributed by atoms with Gasteiger partial charge >= 0.3 is 0 Å². The average molecular weight is 584 g/mol. The number of hydrogen-bond acceptors (Lipinski definition) is 4. The SMILES string of the molecule is [2H]c1ccc2c3c([2H])cc([2H])cc3n(-c3nc(-c4ccc5c(c4)oc4ccccc45)nc(-n4c5cc([2H])ccc5c5c([2H])cc([2H])cc54)n3)c2c1. The standard InChI is InChI=1S/C39H23N5O/c1-6-16-31-25(11-1)26-12-2-7-17-32(26)43(31)38-40-37(24-21-22-30-29-15-5-10-20-35(29)45-36(30)23-24)41-39(42-38)44-33-18-8-3-13-27(33)28-14-4-9-19-34(28)44/h1-23H/i6D,7D,8D,9D,11D,13D. The van der Waals surface area contributed by atoms with E-state index < -0.39 is 0 Å². The molecule has 0 saturated heterocycles. The summed E-state index contributed by atoms with van der Waals surface area (Å²) in [5, 5.41) is 4.55. The fraction of sp³-hybridized carbons (Fsp3) is 0. The molecule has 0 amide bonds. The molecular weight excluding hydrogens is 554 g/mol. The van der Waals surface area contributed by atoms with Gasteiger partial charge in [-0.25, -0.2) is 0 Å². The van der Waals surface area contributed by atoms with E-state index in [1.54, 1.807) is 57.7 Å². The van der Waals surface area contributed by atoms with Crippen LogP contribution in [-0.4, -0.2) is 24.1 Å². The third-order valence-corrected chi connectivity index (χ3v) is 8.39. The van der Waals surface area contributed by atoms with Gasteiger partial charge in [0.2, 0.25) is 11.9 Å². The molecule has 210 valence electrons. The van der Waals surface area contributed by atoms with Crippen molar-refractivity contribution in [3.8, 4) is 23.3 Å². The van der Waals surface area contributed by atoms with E-state index in [-0.39, 0.29) is 48.2 Å². The van der Waals surface area contributed by atoms with Crippen molar-refractivity contribution in [3.05, 3.63) is 139 Å². The molecule has 10 rings (SSSR count). The van der Waals surface area contributed by atoms with Gasteiger partial charge in [0.05, 0.1) is 30.3 Å². The van der Waals surface area contributed by atoms with Crippen molar-refractivity contribution in [2.24, 2.45) is 0 Å². The van der Waals surface area contributed by atoms with Crippen LogP contribution in [0.15, 0.2) is 144 Å². The molecule has 0 aliphatic heterocycles. The number of hydrogen-bond donors (Lipinski definition) is 0. The Kier molecular flexibility index (Phi) is 3.87. The van der Waals surface area contributed by atoms with Crippen LogP contribution in [0.25, 0.3) is 88.8 Å². The fourth-order valence-electron chi connectivity index (χ4n) is 6.42. The molecule has 0 bridgehead atoms.